The van der Waals surface area contributed by atoms with Gasteiger partial charge in [0.15, 0.2) is 0 Å². The summed E-state index contributed by atoms with van der Waals surface area (Å²) >= 11 is 1.89. The van der Waals surface area contributed by atoms with Crippen LogP contribution in [0.25, 0.3) is 0 Å². The Hall–Kier alpha value is -1.04. The van der Waals surface area contributed by atoms with E-state index < -0.39 is 10.2 Å². The van der Waals surface area contributed by atoms with Gasteiger partial charge < -0.3 is 10.4 Å². The number of nitrogens with zero attached hydrogens (tertiary/aromatic N) is 2. The molecule has 0 fully saturated rings. The first-order chi connectivity index (χ1) is 4.46. The first-order valence-electron chi connectivity index (χ1n) is 1.35. The van der Waals surface area contributed by atoms with E-state index in [0.717, 1.165) is 0 Å². The Morgan fingerprint density at radius 2 is 1.10 bits per heavy atom. The van der Waals surface area contributed by atoms with Crippen LogP contribution in [0.1, 0.15) is 0 Å². The van der Waals surface area contributed by atoms with Crippen LogP contribution in [-0.4, -0.2) is 25.5 Å². The van der Waals surface area contributed by atoms with Crippen molar-refractivity contribution in [1.29, 1.82) is 0 Å². The van der Waals surface area contributed by atoms with Crippen LogP contribution in [-0.2, 0) is 19.4 Å². The van der Waals surface area contributed by atoms with Gasteiger partial charge in [-0.25, -0.2) is 0 Å². The maximum absolute atomic E-state index is 8.36. The van der Waals surface area contributed by atoms with Crippen molar-refractivity contribution in [1.82, 2.24) is 0 Å². The molecule has 2 N–H and O–H groups in total. The minimum atomic E-state index is -1.50. The van der Waals surface area contributed by atoms with Gasteiger partial charge in [-0.1, -0.05) is 0 Å². The van der Waals surface area contributed by atoms with Gasteiger partial charge in [0, 0.05) is 0 Å². The summed E-state index contributed by atoms with van der Waals surface area (Å²) in [5.74, 6) is 0. The van der Waals surface area contributed by atoms with Crippen LogP contribution in [0.3, 0.4) is 0 Å². The van der Waals surface area contributed by atoms with Gasteiger partial charge in [0.2, 0.25) is 0 Å². The molecule has 0 bridgehead atoms. The topological polar surface area (TPSA) is 127 Å². The van der Waals surface area contributed by atoms with Crippen LogP contribution in [0, 0.1) is 20.2 Å². The van der Waals surface area contributed by atoms with Gasteiger partial charge in [0.05, 0.1) is 0 Å². The predicted molar refractivity (Wildman–Crippen MR) is 24.7 cm³/mol. The van der Waals surface area contributed by atoms with Crippen LogP contribution in [0.4, 0.5) is 0 Å². The number of hydrogen-bond donors (Lipinski definition) is 2. The van der Waals surface area contributed by atoms with E-state index in [1.165, 1.54) is 0 Å². The third kappa shape index (κ3) is 228. The summed E-state index contributed by atoms with van der Waals surface area (Å²) < 4.78 is 0. The third-order valence-electron chi connectivity index (χ3n) is 0. The Bertz CT molecular complexity index is 83.9. The molecule has 9 heteroatoms. The molecule has 64 valence electrons. The first kappa shape index (κ1) is 16.0. The second kappa shape index (κ2) is 15.7. The van der Waals surface area contributed by atoms with E-state index >= 15 is 0 Å². The molecule has 0 aliphatic rings. The number of rotatable bonds is 0. The minimum absolute atomic E-state index is 1.50. The zero-order valence-corrected chi connectivity index (χ0v) is 6.72. The van der Waals surface area contributed by atoms with E-state index in [4.69, 9.17) is 30.6 Å². The molecule has 0 aromatic carbocycles. The normalized spacial score (nSPS) is 5.40. The second-order valence-electron chi connectivity index (χ2n) is 0.476. The third-order valence-corrected chi connectivity index (χ3v) is 0. The van der Waals surface area contributed by atoms with Crippen LogP contribution in [0.5, 0.6) is 0 Å². The summed E-state index contributed by atoms with van der Waals surface area (Å²) in [4.78, 5) is 19.9. The van der Waals surface area contributed by atoms with Crippen molar-refractivity contribution in [2.45, 2.75) is 0 Å². The van der Waals surface area contributed by atoms with Crippen LogP contribution < -0.4 is 0 Å². The van der Waals surface area contributed by atoms with Crippen molar-refractivity contribution in [3.63, 3.8) is 0 Å². The van der Waals surface area contributed by atoms with Gasteiger partial charge in [-0.2, -0.15) is 0 Å². The fourth-order valence-corrected chi connectivity index (χ4v) is 0. The van der Waals surface area contributed by atoms with Gasteiger partial charge in [-0.05, 0) is 0 Å². The van der Waals surface area contributed by atoms with E-state index in [1.54, 1.807) is 0 Å². The standard InChI is InChI=1S/CH2.2HNO3.Pt/c;2*2-1(3)4;/h1H2;2*(H,2,3,4);. The molecule has 0 aromatic rings. The summed E-state index contributed by atoms with van der Waals surface area (Å²) in [6.07, 6.45) is 0. The Morgan fingerprint density at radius 1 is 1.10 bits per heavy atom. The summed E-state index contributed by atoms with van der Waals surface area (Å²) in [5, 5.41) is 27.3. The van der Waals surface area contributed by atoms with Crippen LogP contribution >= 0.6 is 0 Å². The monoisotopic (exact) mass is 335 g/mol. The summed E-state index contributed by atoms with van der Waals surface area (Å²) in [6, 6.07) is 0. The van der Waals surface area contributed by atoms with Crippen molar-refractivity contribution in [2.75, 3.05) is 0 Å². The van der Waals surface area contributed by atoms with E-state index in [2.05, 4.69) is 4.90 Å². The van der Waals surface area contributed by atoms with Crippen molar-refractivity contribution in [3.05, 3.63) is 20.2 Å². The molecule has 0 saturated carbocycles. The quantitative estimate of drug-likeness (QED) is 0.444. The van der Waals surface area contributed by atoms with Gasteiger partial charge in [-0.15, -0.1) is 20.2 Å². The summed E-state index contributed by atoms with van der Waals surface area (Å²) in [5.41, 5.74) is 0. The molecule has 0 saturated heterocycles. The molecule has 0 atom stereocenters. The van der Waals surface area contributed by atoms with Crippen LogP contribution in [0.2, 0.25) is 0 Å². The van der Waals surface area contributed by atoms with Crippen LogP contribution in [0.15, 0.2) is 0 Å². The Kier molecular flexibility index (Phi) is 25.0. The van der Waals surface area contributed by atoms with Gasteiger partial charge in [0.25, 0.3) is 10.2 Å². The van der Waals surface area contributed by atoms with Crippen molar-refractivity contribution in [3.8, 4) is 0 Å². The molecule has 0 radical (unpaired) electrons. The molecule has 0 aliphatic carbocycles. The fourth-order valence-electron chi connectivity index (χ4n) is 0. The van der Waals surface area contributed by atoms with Crippen molar-refractivity contribution < 1.29 is 39.9 Å². The maximum atomic E-state index is 8.36. The summed E-state index contributed by atoms with van der Waals surface area (Å²) in [7, 11) is 0. The van der Waals surface area contributed by atoms with Crippen molar-refractivity contribution in [2.24, 2.45) is 0 Å². The molecule has 0 aliphatic heterocycles. The Labute approximate surface area is 65.7 Å². The molecule has 0 rings (SSSR count). The Balaban J connectivity index is -0.0000000787. The van der Waals surface area contributed by atoms with E-state index in [0.29, 0.717) is 0 Å². The SMILES string of the molecule is O=[N+]([O-])O.O=[N+]([O-])O.[CH2]=[Pt]. The van der Waals surface area contributed by atoms with Gasteiger partial charge in [-0.3, -0.25) is 0 Å². The average molecular weight is 335 g/mol. The molecule has 8 nitrogen and oxygen atoms in total. The molecule has 0 unspecified atom stereocenters. The van der Waals surface area contributed by atoms with Gasteiger partial charge >= 0.3 is 24.3 Å². The Morgan fingerprint density at radius 3 is 1.10 bits per heavy atom. The molecular weight excluding hydrogens is 331 g/mol. The second-order valence-corrected chi connectivity index (χ2v) is 0.476. The van der Waals surface area contributed by atoms with E-state index in [-0.39, 0.29) is 0 Å². The molecule has 0 aromatic heterocycles. The predicted octanol–water partition coefficient (Wildman–Crippen LogP) is -0.730. The van der Waals surface area contributed by atoms with E-state index in [9.17, 15) is 0 Å². The average Bonchev–Trinajstić information content (AvgIpc) is 1.66. The van der Waals surface area contributed by atoms with E-state index in [1.807, 2.05) is 19.4 Å². The molecule has 0 spiro atoms. The molecule has 0 amide bonds. The van der Waals surface area contributed by atoms with Gasteiger partial charge in [0.1, 0.15) is 0 Å². The molecular formula is CH4N2O6Pt. The molecule has 0 heterocycles. The number of hydrogen-bond acceptors (Lipinski definition) is 4. The summed E-state index contributed by atoms with van der Waals surface area (Å²) in [6.45, 7) is 0. The zero-order chi connectivity index (χ0) is 9.15. The molecule has 10 heavy (non-hydrogen) atoms. The zero-order valence-electron chi connectivity index (χ0n) is 4.45. The van der Waals surface area contributed by atoms with Crippen molar-refractivity contribution >= 4 is 4.90 Å². The fraction of sp³-hybridized carbons (Fsp3) is 0. The first-order valence-corrected chi connectivity index (χ1v) is 2.96.